The third kappa shape index (κ3) is 4.75. The predicted octanol–water partition coefficient (Wildman–Crippen LogP) is 12.0. The molecule has 0 fully saturated rings. The van der Waals surface area contributed by atoms with Crippen molar-refractivity contribution in [2.75, 3.05) is 0 Å². The molecule has 10 rings (SSSR count). The number of benzene rings is 7. The SMILES string of the molecule is [2H]c1c([2H])c([2H])c(-c2nc(-c3c([2H])c([2H])c(-c4c([2H])c([2H])c([2H])c([2H])c4[2H])c([2H])c3[2H])nc(-c3c([2H])c([2H])c4c(oc5c([2H])c([2H])c([2H])c(-c6cc7c(oc8c([2H])c([2H])c([2H])c([2H])c87)c([2H])c6[2H])c54)c3[2H])n2)c([2H])c1[2H]. The van der Waals surface area contributed by atoms with Crippen molar-refractivity contribution in [3.05, 3.63) is 163 Å². The Hall–Kier alpha value is -6.85. The molecule has 7 aromatic carbocycles. The number of fused-ring (bicyclic) bond motifs is 6. The van der Waals surface area contributed by atoms with Crippen LogP contribution in [0.4, 0.5) is 0 Å². The summed E-state index contributed by atoms with van der Waals surface area (Å²) in [6.07, 6.45) is 0. The van der Waals surface area contributed by atoms with Gasteiger partial charge in [0, 0.05) is 38.2 Å². The molecule has 0 unspecified atom stereocenters. The average Bonchev–Trinajstić information content (AvgIpc) is 3.99. The zero-order valence-corrected chi connectivity index (χ0v) is 24.7. The highest BCUT2D eigenvalue weighted by Gasteiger charge is 2.17. The molecule has 3 heterocycles. The van der Waals surface area contributed by atoms with Crippen LogP contribution in [0.1, 0.15) is 35.6 Å². The number of furan rings is 2. The molecule has 0 radical (unpaired) electrons. The van der Waals surface area contributed by atoms with Gasteiger partial charge in [0.2, 0.25) is 0 Å². The van der Waals surface area contributed by atoms with Crippen LogP contribution in [0.2, 0.25) is 0 Å². The highest BCUT2D eigenvalue weighted by atomic mass is 16.3. The number of hydrogen-bond donors (Lipinski definition) is 0. The maximum absolute atomic E-state index is 9.56. The summed E-state index contributed by atoms with van der Waals surface area (Å²) in [5, 5.41) is -1.13. The number of rotatable bonds is 5. The van der Waals surface area contributed by atoms with Crippen molar-refractivity contribution in [1.29, 1.82) is 0 Å². The van der Waals surface area contributed by atoms with Gasteiger partial charge in [0.25, 0.3) is 0 Å². The maximum atomic E-state index is 9.56. The van der Waals surface area contributed by atoms with E-state index in [9.17, 15) is 4.11 Å². The Morgan fingerprint density at radius 3 is 1.68 bits per heavy atom. The van der Waals surface area contributed by atoms with E-state index < -0.39 is 225 Å². The molecule has 3 aromatic heterocycles. The standard InChI is InChI=1S/C45H27N3O2/c1-3-10-28(11-4-1)29-18-20-31(21-19-29)44-46-43(30-12-5-2-6-13-30)47-45(48-44)33-22-24-36-41(27-33)50-40-17-9-15-34(42(36)40)32-23-25-39-37(26-32)35-14-7-8-16-38(35)49-39/h1-27H/i1D,2D,3D,4D,5D,6D,7D,8D,9D,10D,11D,12D,13D,14D,15D,16D,17D,18D,19D,20D,21D,22D,23D,24D,25D,27D. The molecule has 0 N–H and O–H groups in total. The van der Waals surface area contributed by atoms with Crippen LogP contribution in [0.25, 0.3) is 100 Å². The number of para-hydroxylation sites is 1. The second kappa shape index (κ2) is 11.4. The second-order valence-electron chi connectivity index (χ2n) is 10.4. The van der Waals surface area contributed by atoms with Crippen LogP contribution in [-0.4, -0.2) is 15.0 Å². The van der Waals surface area contributed by atoms with E-state index in [1.807, 2.05) is 0 Å². The molecule has 0 bridgehead atoms. The molecule has 0 aliphatic carbocycles. The lowest BCUT2D eigenvalue weighted by atomic mass is 9.97. The summed E-state index contributed by atoms with van der Waals surface area (Å²) in [6.45, 7) is 0. The molecular formula is C45H27N3O2. The molecule has 0 atom stereocenters. The summed E-state index contributed by atoms with van der Waals surface area (Å²) < 4.78 is 239. The first-order chi connectivity index (χ1) is 35.6. The van der Waals surface area contributed by atoms with E-state index in [2.05, 4.69) is 15.0 Å². The van der Waals surface area contributed by atoms with Crippen LogP contribution in [0.5, 0.6) is 0 Å². The normalized spacial score (nSPS) is 18.9. The van der Waals surface area contributed by atoms with Gasteiger partial charge in [0.05, 0.1) is 35.6 Å². The van der Waals surface area contributed by atoms with Crippen LogP contribution >= 0.6 is 0 Å². The predicted molar refractivity (Wildman–Crippen MR) is 202 cm³/mol. The van der Waals surface area contributed by atoms with Gasteiger partial charge in [-0.25, -0.2) is 15.0 Å². The van der Waals surface area contributed by atoms with Gasteiger partial charge in [-0.2, -0.15) is 0 Å². The number of aromatic nitrogens is 3. The highest BCUT2D eigenvalue weighted by molar-refractivity contribution is 6.14. The van der Waals surface area contributed by atoms with Crippen molar-refractivity contribution in [1.82, 2.24) is 15.0 Å². The first-order valence-corrected chi connectivity index (χ1v) is 14.5. The Balaban J connectivity index is 1.30. The van der Waals surface area contributed by atoms with Gasteiger partial charge in [0.1, 0.15) is 22.3 Å². The monoisotopic (exact) mass is 667 g/mol. The van der Waals surface area contributed by atoms with Crippen LogP contribution < -0.4 is 0 Å². The Kier molecular flexibility index (Phi) is 2.86. The summed E-state index contributed by atoms with van der Waals surface area (Å²) in [6, 6.07) is -20.1. The van der Waals surface area contributed by atoms with Gasteiger partial charge in [-0.1, -0.05) is 127 Å². The van der Waals surface area contributed by atoms with Crippen LogP contribution in [0.3, 0.4) is 0 Å². The fourth-order valence-electron chi connectivity index (χ4n) is 5.27. The molecule has 0 saturated heterocycles. The highest BCUT2D eigenvalue weighted by Crippen LogP contribution is 2.40. The van der Waals surface area contributed by atoms with Crippen molar-refractivity contribution in [3.8, 4) is 56.4 Å². The van der Waals surface area contributed by atoms with Gasteiger partial charge >= 0.3 is 0 Å². The average molecular weight is 668 g/mol. The fourth-order valence-corrected chi connectivity index (χ4v) is 5.27. The molecule has 5 heteroatoms. The minimum absolute atomic E-state index is 0.110. The Morgan fingerprint density at radius 2 is 0.900 bits per heavy atom. The molecular weight excluding hydrogens is 615 g/mol. The summed E-state index contributed by atoms with van der Waals surface area (Å²) in [5.74, 6) is -2.48. The van der Waals surface area contributed by atoms with Gasteiger partial charge in [-0.15, -0.1) is 0 Å². The summed E-state index contributed by atoms with van der Waals surface area (Å²) in [4.78, 5) is 12.9. The molecule has 0 amide bonds. The quantitative estimate of drug-likeness (QED) is 0.183. The van der Waals surface area contributed by atoms with E-state index in [-0.39, 0.29) is 32.9 Å². The molecule has 234 valence electrons. The lowest BCUT2D eigenvalue weighted by molar-refractivity contribution is 0.669. The molecule has 0 aliphatic heterocycles. The van der Waals surface area contributed by atoms with E-state index in [1.54, 1.807) is 0 Å². The van der Waals surface area contributed by atoms with Crippen LogP contribution in [0, 0.1) is 0 Å². The second-order valence-corrected chi connectivity index (χ2v) is 10.4. The first kappa shape index (κ1) is 12.6. The van der Waals surface area contributed by atoms with E-state index in [1.165, 1.54) is 6.07 Å². The van der Waals surface area contributed by atoms with Gasteiger partial charge in [0.15, 0.2) is 17.5 Å². The molecule has 0 spiro atoms. The molecule has 10 aromatic rings. The Morgan fingerprint density at radius 1 is 0.360 bits per heavy atom. The molecule has 50 heavy (non-hydrogen) atoms. The van der Waals surface area contributed by atoms with Crippen molar-refractivity contribution >= 4 is 43.9 Å². The summed E-state index contributed by atoms with van der Waals surface area (Å²) in [5.41, 5.74) is -6.30. The zero-order chi connectivity index (χ0) is 55.6. The smallest absolute Gasteiger partial charge is 0.164 e. The minimum atomic E-state index is -0.988. The lowest BCUT2D eigenvalue weighted by Gasteiger charge is -2.09. The summed E-state index contributed by atoms with van der Waals surface area (Å²) in [7, 11) is 0. The van der Waals surface area contributed by atoms with E-state index in [0.717, 1.165) is 0 Å². The van der Waals surface area contributed by atoms with Crippen molar-refractivity contribution in [3.63, 3.8) is 0 Å². The molecule has 0 saturated carbocycles. The van der Waals surface area contributed by atoms with Gasteiger partial charge in [-0.3, -0.25) is 0 Å². The Bertz CT molecular complexity index is 4290. The summed E-state index contributed by atoms with van der Waals surface area (Å²) >= 11 is 0. The third-order valence-corrected chi connectivity index (χ3v) is 7.49. The van der Waals surface area contributed by atoms with E-state index >= 15 is 0 Å². The third-order valence-electron chi connectivity index (χ3n) is 7.49. The van der Waals surface area contributed by atoms with Crippen LogP contribution in [-0.2, 0) is 0 Å². The zero-order valence-electron chi connectivity index (χ0n) is 50.7. The fraction of sp³-hybridized carbons (Fsp3) is 0. The van der Waals surface area contributed by atoms with Crippen LogP contribution in [0.15, 0.2) is 172 Å². The van der Waals surface area contributed by atoms with E-state index in [0.29, 0.717) is 0 Å². The number of nitrogens with zero attached hydrogens (tertiary/aromatic N) is 3. The lowest BCUT2D eigenvalue weighted by Crippen LogP contribution is -2.00. The minimum Gasteiger partial charge on any atom is -0.456 e. The Labute approximate surface area is 323 Å². The van der Waals surface area contributed by atoms with Crippen molar-refractivity contribution < 1.29 is 44.5 Å². The number of hydrogen-bond acceptors (Lipinski definition) is 5. The topological polar surface area (TPSA) is 65.0 Å². The van der Waals surface area contributed by atoms with E-state index in [4.69, 9.17) is 40.4 Å². The first-order valence-electron chi connectivity index (χ1n) is 27.5. The van der Waals surface area contributed by atoms with Crippen molar-refractivity contribution in [2.24, 2.45) is 0 Å². The largest absolute Gasteiger partial charge is 0.456 e. The molecule has 5 nitrogen and oxygen atoms in total. The van der Waals surface area contributed by atoms with Crippen molar-refractivity contribution in [2.45, 2.75) is 0 Å². The van der Waals surface area contributed by atoms with Gasteiger partial charge in [-0.05, 0) is 58.5 Å². The van der Waals surface area contributed by atoms with Gasteiger partial charge < -0.3 is 8.83 Å². The maximum Gasteiger partial charge on any atom is 0.164 e. The molecule has 0 aliphatic rings.